The fraction of sp³-hybridized carbons (Fsp3) is 1.00. The number of unbranched alkanes of at least 4 members (excludes halogenated alkanes) is 4. The van der Waals surface area contributed by atoms with Crippen LogP contribution in [-0.4, -0.2) is 18.8 Å². The second-order valence-electron chi connectivity index (χ2n) is 6.11. The molecule has 0 aromatic carbocycles. The lowest BCUT2D eigenvalue weighted by atomic mass is 9.83. The summed E-state index contributed by atoms with van der Waals surface area (Å²) in [5.41, 5.74) is 6.42. The largest absolute Gasteiger partial charge is 0.376 e. The number of hydrogen-bond donors (Lipinski definition) is 1. The Balaban J connectivity index is 3.94. The molecule has 0 bridgehead atoms. The molecule has 0 heterocycles. The van der Waals surface area contributed by atoms with Crippen LogP contribution in [0.4, 0.5) is 0 Å². The molecule has 0 amide bonds. The van der Waals surface area contributed by atoms with Gasteiger partial charge in [-0.05, 0) is 18.8 Å². The van der Waals surface area contributed by atoms with E-state index in [4.69, 9.17) is 10.5 Å². The highest BCUT2D eigenvalue weighted by atomic mass is 16.5. The number of nitrogens with two attached hydrogens (primary N) is 1. The molecule has 0 aromatic rings. The van der Waals surface area contributed by atoms with Gasteiger partial charge in [0.1, 0.15) is 0 Å². The highest BCUT2D eigenvalue weighted by molar-refractivity contribution is 4.84. The zero-order valence-electron chi connectivity index (χ0n) is 12.6. The van der Waals surface area contributed by atoms with Crippen molar-refractivity contribution in [3.05, 3.63) is 0 Å². The van der Waals surface area contributed by atoms with Gasteiger partial charge in [-0.3, -0.25) is 0 Å². The third kappa shape index (κ3) is 7.77. The lowest BCUT2D eigenvalue weighted by molar-refractivity contribution is -0.0294. The maximum atomic E-state index is 6.28. The van der Waals surface area contributed by atoms with Gasteiger partial charge in [0.2, 0.25) is 0 Å². The molecular weight excluding hydrogens is 210 g/mol. The van der Waals surface area contributed by atoms with E-state index in [0.29, 0.717) is 0 Å². The van der Waals surface area contributed by atoms with E-state index in [1.54, 1.807) is 0 Å². The maximum Gasteiger partial charge on any atom is 0.0773 e. The number of hydrogen-bond acceptors (Lipinski definition) is 2. The summed E-state index contributed by atoms with van der Waals surface area (Å²) >= 11 is 0. The van der Waals surface area contributed by atoms with E-state index in [1.165, 1.54) is 32.1 Å². The molecular formula is C15H33NO. The van der Waals surface area contributed by atoms with Crippen molar-refractivity contribution in [2.75, 3.05) is 6.61 Å². The van der Waals surface area contributed by atoms with Gasteiger partial charge in [-0.1, -0.05) is 59.8 Å². The van der Waals surface area contributed by atoms with Gasteiger partial charge in [0.15, 0.2) is 0 Å². The van der Waals surface area contributed by atoms with Crippen molar-refractivity contribution in [3.63, 3.8) is 0 Å². The Bertz CT molecular complexity index is 174. The summed E-state index contributed by atoms with van der Waals surface area (Å²) in [6, 6.07) is 0.177. The molecule has 0 fully saturated rings. The average Bonchev–Trinajstić information content (AvgIpc) is 2.23. The van der Waals surface area contributed by atoms with Crippen LogP contribution in [0.3, 0.4) is 0 Å². The molecule has 0 saturated carbocycles. The quantitative estimate of drug-likeness (QED) is 0.618. The molecule has 2 unspecified atom stereocenters. The van der Waals surface area contributed by atoms with Crippen molar-refractivity contribution in [2.24, 2.45) is 11.1 Å². The molecule has 0 aliphatic heterocycles. The van der Waals surface area contributed by atoms with Gasteiger partial charge >= 0.3 is 0 Å². The summed E-state index contributed by atoms with van der Waals surface area (Å²) in [6.45, 7) is 11.7. The second kappa shape index (κ2) is 8.93. The van der Waals surface area contributed by atoms with E-state index in [2.05, 4.69) is 27.7 Å². The van der Waals surface area contributed by atoms with Gasteiger partial charge in [-0.2, -0.15) is 0 Å². The second-order valence-corrected chi connectivity index (χ2v) is 6.11. The minimum atomic E-state index is 0.138. The first-order valence-electron chi connectivity index (χ1n) is 7.30. The zero-order chi connectivity index (χ0) is 13.3. The van der Waals surface area contributed by atoms with E-state index >= 15 is 0 Å². The van der Waals surface area contributed by atoms with Crippen LogP contribution in [0.15, 0.2) is 0 Å². The molecule has 0 aliphatic rings. The minimum Gasteiger partial charge on any atom is -0.376 e. The molecule has 2 nitrogen and oxygen atoms in total. The van der Waals surface area contributed by atoms with Crippen molar-refractivity contribution < 1.29 is 4.74 Å². The first-order valence-corrected chi connectivity index (χ1v) is 7.30. The minimum absolute atomic E-state index is 0.138. The fourth-order valence-electron chi connectivity index (χ4n) is 2.33. The summed E-state index contributed by atoms with van der Waals surface area (Å²) in [5.74, 6) is 0. The predicted octanol–water partition coefficient (Wildman–Crippen LogP) is 4.13. The van der Waals surface area contributed by atoms with Crippen molar-refractivity contribution in [1.82, 2.24) is 0 Å². The molecule has 0 aliphatic carbocycles. The van der Waals surface area contributed by atoms with Gasteiger partial charge in [0.05, 0.1) is 6.10 Å². The summed E-state index contributed by atoms with van der Waals surface area (Å²) < 4.78 is 5.82. The van der Waals surface area contributed by atoms with Gasteiger partial charge in [0.25, 0.3) is 0 Å². The van der Waals surface area contributed by atoms with Crippen LogP contribution in [0.1, 0.15) is 73.1 Å². The third-order valence-electron chi connectivity index (χ3n) is 3.23. The summed E-state index contributed by atoms with van der Waals surface area (Å²) in [6.07, 6.45) is 7.81. The first kappa shape index (κ1) is 16.9. The third-order valence-corrected chi connectivity index (χ3v) is 3.23. The molecule has 0 aromatic heterocycles. The van der Waals surface area contributed by atoms with Gasteiger partial charge in [-0.25, -0.2) is 0 Å². The molecule has 0 radical (unpaired) electrons. The van der Waals surface area contributed by atoms with Crippen molar-refractivity contribution in [3.8, 4) is 0 Å². The molecule has 2 heteroatoms. The molecule has 0 rings (SSSR count). The van der Waals surface area contributed by atoms with E-state index in [0.717, 1.165) is 13.0 Å². The Morgan fingerprint density at radius 1 is 1.00 bits per heavy atom. The monoisotopic (exact) mass is 243 g/mol. The lowest BCUT2D eigenvalue weighted by Crippen LogP contribution is -2.45. The highest BCUT2D eigenvalue weighted by Crippen LogP contribution is 2.26. The Kier molecular flexibility index (Phi) is 8.89. The average molecular weight is 243 g/mol. The Morgan fingerprint density at radius 3 is 2.06 bits per heavy atom. The topological polar surface area (TPSA) is 35.2 Å². The van der Waals surface area contributed by atoms with Crippen LogP contribution in [-0.2, 0) is 4.74 Å². The fourth-order valence-corrected chi connectivity index (χ4v) is 2.33. The summed E-state index contributed by atoms with van der Waals surface area (Å²) in [4.78, 5) is 0. The van der Waals surface area contributed by atoms with Gasteiger partial charge < -0.3 is 10.5 Å². The molecule has 104 valence electrons. The Hall–Kier alpha value is -0.0800. The van der Waals surface area contributed by atoms with Crippen molar-refractivity contribution >= 4 is 0 Å². The molecule has 2 N–H and O–H groups in total. The Labute approximate surface area is 108 Å². The van der Waals surface area contributed by atoms with Crippen LogP contribution in [0.25, 0.3) is 0 Å². The summed E-state index contributed by atoms with van der Waals surface area (Å²) in [5, 5.41) is 0. The number of ether oxygens (including phenoxy) is 1. The van der Waals surface area contributed by atoms with Crippen LogP contribution < -0.4 is 5.73 Å². The van der Waals surface area contributed by atoms with E-state index < -0.39 is 0 Å². The molecule has 2 atom stereocenters. The standard InChI is InChI=1S/C15H33NO/c1-6-8-9-10-11-12-13(16)14(17-7-2)15(3,4)5/h13-14H,6-12,16H2,1-5H3. The van der Waals surface area contributed by atoms with E-state index in [1.807, 2.05) is 6.92 Å². The van der Waals surface area contributed by atoms with Crippen LogP contribution >= 0.6 is 0 Å². The normalized spacial score (nSPS) is 15.9. The maximum absolute atomic E-state index is 6.28. The highest BCUT2D eigenvalue weighted by Gasteiger charge is 2.30. The van der Waals surface area contributed by atoms with Crippen molar-refractivity contribution in [1.29, 1.82) is 0 Å². The van der Waals surface area contributed by atoms with Crippen LogP contribution in [0.5, 0.6) is 0 Å². The Morgan fingerprint density at radius 2 is 1.59 bits per heavy atom. The van der Waals surface area contributed by atoms with E-state index in [-0.39, 0.29) is 17.6 Å². The first-order chi connectivity index (χ1) is 7.93. The molecule has 0 saturated heterocycles. The molecule has 17 heavy (non-hydrogen) atoms. The number of rotatable bonds is 9. The van der Waals surface area contributed by atoms with Crippen LogP contribution in [0, 0.1) is 5.41 Å². The van der Waals surface area contributed by atoms with Gasteiger partial charge in [0, 0.05) is 12.6 Å². The molecule has 0 spiro atoms. The van der Waals surface area contributed by atoms with Gasteiger partial charge in [-0.15, -0.1) is 0 Å². The summed E-state index contributed by atoms with van der Waals surface area (Å²) in [7, 11) is 0. The van der Waals surface area contributed by atoms with Crippen LogP contribution in [0.2, 0.25) is 0 Å². The van der Waals surface area contributed by atoms with E-state index in [9.17, 15) is 0 Å². The zero-order valence-corrected chi connectivity index (χ0v) is 12.6. The predicted molar refractivity (Wildman–Crippen MR) is 76.2 cm³/mol. The van der Waals surface area contributed by atoms with Crippen molar-refractivity contribution in [2.45, 2.75) is 85.3 Å². The SMILES string of the molecule is CCCCCCCC(N)C(OCC)C(C)(C)C. The lowest BCUT2D eigenvalue weighted by Gasteiger charge is -2.35. The smallest absolute Gasteiger partial charge is 0.0773 e.